The van der Waals surface area contributed by atoms with Crippen molar-refractivity contribution in [3.8, 4) is 6.07 Å². The summed E-state index contributed by atoms with van der Waals surface area (Å²) in [6, 6.07) is 8.06. The maximum absolute atomic E-state index is 11.7. The van der Waals surface area contributed by atoms with Gasteiger partial charge in [0.15, 0.2) is 9.84 Å². The lowest BCUT2D eigenvalue weighted by Crippen LogP contribution is -2.06. The molecule has 1 aromatic rings. The van der Waals surface area contributed by atoms with Crippen molar-refractivity contribution in [2.75, 3.05) is 5.75 Å². The largest absolute Gasteiger partial charge is 0.224 e. The molecular weight excluding hydrogens is 234 g/mol. The molecule has 0 aliphatic carbocycles. The number of rotatable bonds is 4. The van der Waals surface area contributed by atoms with E-state index in [0.717, 1.165) is 0 Å². The molecule has 0 aromatic heterocycles. The van der Waals surface area contributed by atoms with Gasteiger partial charge in [-0.3, -0.25) is 0 Å². The average molecular weight is 244 g/mol. The van der Waals surface area contributed by atoms with E-state index >= 15 is 0 Å². The van der Waals surface area contributed by atoms with E-state index < -0.39 is 9.84 Å². The van der Waals surface area contributed by atoms with Gasteiger partial charge in [-0.05, 0) is 24.6 Å². The molecular formula is C10H10ClNO2S. The molecule has 0 aliphatic rings. The Morgan fingerprint density at radius 2 is 2.13 bits per heavy atom. The van der Waals surface area contributed by atoms with Crippen molar-refractivity contribution in [1.29, 1.82) is 5.26 Å². The zero-order chi connectivity index (χ0) is 11.3. The van der Waals surface area contributed by atoms with Crippen LogP contribution < -0.4 is 0 Å². The van der Waals surface area contributed by atoms with Gasteiger partial charge >= 0.3 is 0 Å². The van der Waals surface area contributed by atoms with Crippen LogP contribution in [-0.4, -0.2) is 14.2 Å². The van der Waals surface area contributed by atoms with Crippen molar-refractivity contribution < 1.29 is 8.42 Å². The number of halogens is 1. The van der Waals surface area contributed by atoms with Crippen LogP contribution in [0.4, 0.5) is 0 Å². The third kappa shape index (κ3) is 3.54. The number of nitriles is 1. The third-order valence-corrected chi connectivity index (χ3v) is 3.89. The number of hydrogen-bond acceptors (Lipinski definition) is 3. The summed E-state index contributed by atoms with van der Waals surface area (Å²) in [7, 11) is -3.29. The SMILES string of the molecule is N#CCCCS(=O)(=O)c1cccc(Cl)c1. The second-order valence-corrected chi connectivity index (χ2v) is 5.58. The van der Waals surface area contributed by atoms with Crippen LogP contribution in [0.2, 0.25) is 5.02 Å². The topological polar surface area (TPSA) is 57.9 Å². The van der Waals surface area contributed by atoms with Gasteiger partial charge in [0.1, 0.15) is 0 Å². The molecule has 0 radical (unpaired) electrons. The average Bonchev–Trinajstić information content (AvgIpc) is 2.18. The van der Waals surface area contributed by atoms with Crippen LogP contribution in [-0.2, 0) is 9.84 Å². The lowest BCUT2D eigenvalue weighted by molar-refractivity contribution is 0.593. The highest BCUT2D eigenvalue weighted by Crippen LogP contribution is 2.17. The number of nitrogens with zero attached hydrogens (tertiary/aromatic N) is 1. The van der Waals surface area contributed by atoms with Gasteiger partial charge < -0.3 is 0 Å². The molecule has 0 amide bonds. The summed E-state index contributed by atoms with van der Waals surface area (Å²) in [5, 5.41) is 8.71. The molecule has 0 spiro atoms. The summed E-state index contributed by atoms with van der Waals surface area (Å²) in [6.07, 6.45) is 0.602. The van der Waals surface area contributed by atoms with Crippen LogP contribution in [0.1, 0.15) is 12.8 Å². The Kier molecular flexibility index (Phi) is 4.13. The Balaban J connectivity index is 2.83. The minimum Gasteiger partial charge on any atom is -0.224 e. The minimum absolute atomic E-state index is 0.0130. The van der Waals surface area contributed by atoms with E-state index in [4.69, 9.17) is 16.9 Å². The zero-order valence-electron chi connectivity index (χ0n) is 7.98. The van der Waals surface area contributed by atoms with Gasteiger partial charge in [0.25, 0.3) is 0 Å². The maximum Gasteiger partial charge on any atom is 0.178 e. The van der Waals surface area contributed by atoms with Crippen molar-refractivity contribution >= 4 is 21.4 Å². The predicted octanol–water partition coefficient (Wildman–Crippen LogP) is 2.42. The fourth-order valence-corrected chi connectivity index (χ4v) is 2.73. The van der Waals surface area contributed by atoms with Gasteiger partial charge in [0.2, 0.25) is 0 Å². The van der Waals surface area contributed by atoms with Crippen LogP contribution in [0.15, 0.2) is 29.2 Å². The first-order valence-corrected chi connectivity index (χ1v) is 6.44. The second-order valence-electron chi connectivity index (χ2n) is 3.04. The minimum atomic E-state index is -3.29. The zero-order valence-corrected chi connectivity index (χ0v) is 9.55. The summed E-state index contributed by atoms with van der Waals surface area (Å²) in [6.45, 7) is 0. The number of sulfone groups is 1. The third-order valence-electron chi connectivity index (χ3n) is 1.86. The number of unbranched alkanes of at least 4 members (excludes halogenated alkanes) is 1. The van der Waals surface area contributed by atoms with E-state index in [1.165, 1.54) is 12.1 Å². The lowest BCUT2D eigenvalue weighted by Gasteiger charge is -2.02. The fraction of sp³-hybridized carbons (Fsp3) is 0.300. The molecule has 0 aliphatic heterocycles. The molecule has 0 atom stereocenters. The Morgan fingerprint density at radius 3 is 2.73 bits per heavy atom. The monoisotopic (exact) mass is 243 g/mol. The van der Waals surface area contributed by atoms with Crippen LogP contribution in [0.25, 0.3) is 0 Å². The van der Waals surface area contributed by atoms with Gasteiger partial charge in [-0.1, -0.05) is 17.7 Å². The van der Waals surface area contributed by atoms with Crippen molar-refractivity contribution in [3.05, 3.63) is 29.3 Å². The second kappa shape index (κ2) is 5.15. The van der Waals surface area contributed by atoms with Crippen molar-refractivity contribution in [3.63, 3.8) is 0 Å². The Morgan fingerprint density at radius 1 is 1.40 bits per heavy atom. The highest BCUT2D eigenvalue weighted by molar-refractivity contribution is 7.91. The molecule has 0 saturated carbocycles. The van der Waals surface area contributed by atoms with Gasteiger partial charge in [-0.2, -0.15) is 5.26 Å². The molecule has 0 saturated heterocycles. The summed E-state index contributed by atoms with van der Waals surface area (Å²) in [4.78, 5) is 0.216. The smallest absolute Gasteiger partial charge is 0.178 e. The first kappa shape index (κ1) is 12.0. The van der Waals surface area contributed by atoms with Gasteiger partial charge in [0, 0.05) is 11.4 Å². The molecule has 3 nitrogen and oxygen atoms in total. The molecule has 0 heterocycles. The molecule has 1 rings (SSSR count). The Bertz CT molecular complexity index is 476. The van der Waals surface area contributed by atoms with E-state index in [9.17, 15) is 8.42 Å². The Hall–Kier alpha value is -1.05. The van der Waals surface area contributed by atoms with Gasteiger partial charge in [-0.15, -0.1) is 0 Å². The quantitative estimate of drug-likeness (QED) is 0.763. The highest BCUT2D eigenvalue weighted by atomic mass is 35.5. The maximum atomic E-state index is 11.7. The fourth-order valence-electron chi connectivity index (χ4n) is 1.12. The van der Waals surface area contributed by atoms with E-state index in [1.54, 1.807) is 12.1 Å². The van der Waals surface area contributed by atoms with Crippen molar-refractivity contribution in [2.45, 2.75) is 17.7 Å². The van der Waals surface area contributed by atoms with E-state index in [2.05, 4.69) is 0 Å². The summed E-state index contributed by atoms with van der Waals surface area (Å²) >= 11 is 5.70. The van der Waals surface area contributed by atoms with Gasteiger partial charge in [-0.25, -0.2) is 8.42 Å². The van der Waals surface area contributed by atoms with Crippen LogP contribution in [0.5, 0.6) is 0 Å². The molecule has 1 aromatic carbocycles. The highest BCUT2D eigenvalue weighted by Gasteiger charge is 2.13. The predicted molar refractivity (Wildman–Crippen MR) is 58.4 cm³/mol. The van der Waals surface area contributed by atoms with E-state index in [-0.39, 0.29) is 17.1 Å². The molecule has 15 heavy (non-hydrogen) atoms. The number of benzene rings is 1. The Labute approximate surface area is 94.2 Å². The molecule has 0 unspecified atom stereocenters. The van der Waals surface area contributed by atoms with Crippen LogP contribution in [0.3, 0.4) is 0 Å². The van der Waals surface area contributed by atoms with Gasteiger partial charge in [0.05, 0.1) is 16.7 Å². The standard InChI is InChI=1S/C10H10ClNO2S/c11-9-4-3-5-10(8-9)15(13,14)7-2-1-6-12/h3-5,8H,1-2,7H2. The first-order chi connectivity index (χ1) is 7.06. The first-order valence-electron chi connectivity index (χ1n) is 4.41. The summed E-state index contributed by atoms with van der Waals surface area (Å²) in [5.74, 6) is -0.0130. The van der Waals surface area contributed by atoms with Crippen LogP contribution >= 0.6 is 11.6 Å². The lowest BCUT2D eigenvalue weighted by atomic mass is 10.4. The molecule has 5 heteroatoms. The van der Waals surface area contributed by atoms with Crippen molar-refractivity contribution in [1.82, 2.24) is 0 Å². The normalized spacial score (nSPS) is 10.9. The molecule has 0 N–H and O–H groups in total. The van der Waals surface area contributed by atoms with Crippen molar-refractivity contribution in [2.24, 2.45) is 0 Å². The van der Waals surface area contributed by atoms with E-state index in [0.29, 0.717) is 11.4 Å². The number of hydrogen-bond donors (Lipinski definition) is 0. The molecule has 0 bridgehead atoms. The molecule has 80 valence electrons. The van der Waals surface area contributed by atoms with E-state index in [1.807, 2.05) is 6.07 Å². The summed E-state index contributed by atoms with van der Waals surface area (Å²) < 4.78 is 23.4. The summed E-state index contributed by atoms with van der Waals surface area (Å²) in [5.41, 5.74) is 0. The molecule has 0 fully saturated rings. The van der Waals surface area contributed by atoms with Crippen LogP contribution in [0, 0.1) is 11.3 Å².